The van der Waals surface area contributed by atoms with Gasteiger partial charge in [0.05, 0.1) is 16.0 Å². The lowest BCUT2D eigenvalue weighted by atomic mass is 10.1. The minimum absolute atomic E-state index is 0.00315. The lowest BCUT2D eigenvalue weighted by Gasteiger charge is -2.18. The highest BCUT2D eigenvalue weighted by Crippen LogP contribution is 2.43. The molecule has 0 spiro atoms. The van der Waals surface area contributed by atoms with Gasteiger partial charge in [0.25, 0.3) is 0 Å². The molecular formula is C27H17ClF3N3OS2. The first-order chi connectivity index (χ1) is 17.8. The van der Waals surface area contributed by atoms with Gasteiger partial charge in [0.2, 0.25) is 5.91 Å². The van der Waals surface area contributed by atoms with Crippen LogP contribution in [0, 0.1) is 0 Å². The Bertz CT molecular complexity index is 1560. The molecule has 0 radical (unpaired) electrons. The second-order valence-corrected chi connectivity index (χ2v) is 10.3. The maximum Gasteiger partial charge on any atom is 0.417 e. The van der Waals surface area contributed by atoms with Crippen molar-refractivity contribution < 1.29 is 18.0 Å². The van der Waals surface area contributed by atoms with Crippen LogP contribution >= 0.6 is 34.7 Å². The number of alkyl halides is 3. The van der Waals surface area contributed by atoms with E-state index in [1.807, 2.05) is 41.8 Å². The Kier molecular flexibility index (Phi) is 7.19. The van der Waals surface area contributed by atoms with Crippen molar-refractivity contribution in [3.05, 3.63) is 107 Å². The van der Waals surface area contributed by atoms with E-state index in [1.165, 1.54) is 35.5 Å². The Morgan fingerprint density at radius 3 is 2.38 bits per heavy atom. The number of hydrogen-bond donors (Lipinski definition) is 1. The van der Waals surface area contributed by atoms with Gasteiger partial charge in [-0.25, -0.2) is 9.97 Å². The molecule has 0 bridgehead atoms. The number of anilines is 1. The van der Waals surface area contributed by atoms with Crippen molar-refractivity contribution in [2.75, 3.05) is 5.32 Å². The molecule has 186 valence electrons. The Morgan fingerprint density at radius 2 is 1.68 bits per heavy atom. The van der Waals surface area contributed by atoms with Gasteiger partial charge in [-0.1, -0.05) is 84.0 Å². The molecule has 10 heteroatoms. The summed E-state index contributed by atoms with van der Waals surface area (Å²) < 4.78 is 40.1. The fourth-order valence-electron chi connectivity index (χ4n) is 3.81. The largest absolute Gasteiger partial charge is 0.417 e. The van der Waals surface area contributed by atoms with E-state index in [0.29, 0.717) is 10.6 Å². The summed E-state index contributed by atoms with van der Waals surface area (Å²) in [6.07, 6.45) is -3.20. The minimum Gasteiger partial charge on any atom is -0.325 e. The molecule has 3 aromatic carbocycles. The topological polar surface area (TPSA) is 54.9 Å². The summed E-state index contributed by atoms with van der Waals surface area (Å²) in [6, 6.07) is 22.1. The van der Waals surface area contributed by atoms with Gasteiger partial charge < -0.3 is 5.32 Å². The van der Waals surface area contributed by atoms with E-state index >= 15 is 0 Å². The Labute approximate surface area is 223 Å². The summed E-state index contributed by atoms with van der Waals surface area (Å²) in [5, 5.41) is 4.82. The monoisotopic (exact) mass is 555 g/mol. The van der Waals surface area contributed by atoms with Crippen LogP contribution in [0.2, 0.25) is 5.02 Å². The summed E-state index contributed by atoms with van der Waals surface area (Å²) in [5.41, 5.74) is 1.60. The zero-order valence-electron chi connectivity index (χ0n) is 18.9. The first-order valence-corrected chi connectivity index (χ1v) is 13.1. The molecule has 0 aliphatic rings. The van der Waals surface area contributed by atoms with Crippen LogP contribution < -0.4 is 5.32 Å². The van der Waals surface area contributed by atoms with Crippen LogP contribution in [0.1, 0.15) is 16.4 Å². The third-order valence-corrected chi connectivity index (χ3v) is 8.00. The number of nitrogens with zero attached hydrogens (tertiary/aromatic N) is 2. The Morgan fingerprint density at radius 1 is 0.973 bits per heavy atom. The van der Waals surface area contributed by atoms with E-state index in [-0.39, 0.29) is 5.69 Å². The quantitative estimate of drug-likeness (QED) is 0.168. The van der Waals surface area contributed by atoms with Gasteiger partial charge >= 0.3 is 6.18 Å². The fraction of sp³-hybridized carbons (Fsp3) is 0.0741. The molecule has 1 N–H and O–H groups in total. The molecule has 4 nitrogen and oxygen atoms in total. The van der Waals surface area contributed by atoms with Crippen molar-refractivity contribution in [2.24, 2.45) is 0 Å². The third kappa shape index (κ3) is 5.49. The van der Waals surface area contributed by atoms with Crippen LogP contribution in [-0.2, 0) is 11.0 Å². The second kappa shape index (κ2) is 10.5. The number of thioether (sulfide) groups is 1. The zero-order chi connectivity index (χ0) is 26.0. The summed E-state index contributed by atoms with van der Waals surface area (Å²) in [7, 11) is 0. The molecule has 0 aliphatic carbocycles. The van der Waals surface area contributed by atoms with Crippen LogP contribution in [0.15, 0.2) is 95.6 Å². The third-order valence-electron chi connectivity index (χ3n) is 5.53. The van der Waals surface area contributed by atoms with Gasteiger partial charge in [0, 0.05) is 16.6 Å². The van der Waals surface area contributed by atoms with Gasteiger partial charge in [-0.05, 0) is 29.3 Å². The average molecular weight is 556 g/mol. The number of benzene rings is 3. The van der Waals surface area contributed by atoms with Crippen molar-refractivity contribution in [1.29, 1.82) is 0 Å². The van der Waals surface area contributed by atoms with E-state index in [0.717, 1.165) is 33.5 Å². The Balaban J connectivity index is 1.53. The summed E-state index contributed by atoms with van der Waals surface area (Å²) in [6.45, 7) is 0. The molecule has 1 amide bonds. The average Bonchev–Trinajstić information content (AvgIpc) is 3.34. The highest BCUT2D eigenvalue weighted by Gasteiger charge is 2.34. The van der Waals surface area contributed by atoms with E-state index in [9.17, 15) is 18.0 Å². The molecule has 5 aromatic rings. The first-order valence-electron chi connectivity index (χ1n) is 11.0. The minimum atomic E-state index is -4.65. The van der Waals surface area contributed by atoms with Crippen LogP contribution in [0.25, 0.3) is 21.3 Å². The van der Waals surface area contributed by atoms with E-state index in [1.54, 1.807) is 24.3 Å². The highest BCUT2D eigenvalue weighted by molar-refractivity contribution is 8.00. The SMILES string of the molecule is O=C(Nc1ccc(Cl)c(C(F)(F)F)c1)C(Sc1ncnc2scc(-c3ccccc3)c12)c1ccccc1. The van der Waals surface area contributed by atoms with E-state index in [2.05, 4.69) is 15.3 Å². The van der Waals surface area contributed by atoms with Gasteiger partial charge in [0.15, 0.2) is 0 Å². The van der Waals surface area contributed by atoms with Gasteiger partial charge in [-0.2, -0.15) is 13.2 Å². The van der Waals surface area contributed by atoms with Crippen LogP contribution in [0.3, 0.4) is 0 Å². The molecule has 0 saturated carbocycles. The molecule has 2 aromatic heterocycles. The first kappa shape index (κ1) is 25.3. The number of rotatable bonds is 6. The number of carbonyl (C=O) groups is 1. The molecule has 1 unspecified atom stereocenters. The molecule has 37 heavy (non-hydrogen) atoms. The number of carbonyl (C=O) groups excluding carboxylic acids is 1. The number of nitrogens with one attached hydrogen (secondary N) is 1. The second-order valence-electron chi connectivity index (χ2n) is 7.96. The predicted molar refractivity (Wildman–Crippen MR) is 143 cm³/mol. The van der Waals surface area contributed by atoms with E-state index < -0.39 is 27.9 Å². The molecule has 0 saturated heterocycles. The van der Waals surface area contributed by atoms with Crippen molar-refractivity contribution >= 4 is 56.5 Å². The standard InChI is InChI=1S/C27H17ClF3N3OS2/c28-21-12-11-18(13-20(21)27(29,30)31)34-24(35)23(17-9-5-2-6-10-17)37-26-22-19(16-7-3-1-4-8-16)14-36-25(22)32-15-33-26/h1-15,23H,(H,34,35). The summed E-state index contributed by atoms with van der Waals surface area (Å²) in [5.74, 6) is -0.491. The number of amides is 1. The molecule has 0 aliphatic heterocycles. The molecule has 5 rings (SSSR count). The van der Waals surface area contributed by atoms with Crippen molar-refractivity contribution in [2.45, 2.75) is 16.5 Å². The number of aromatic nitrogens is 2. The maximum absolute atomic E-state index is 13.5. The summed E-state index contributed by atoms with van der Waals surface area (Å²) >= 11 is 8.44. The summed E-state index contributed by atoms with van der Waals surface area (Å²) in [4.78, 5) is 23.2. The van der Waals surface area contributed by atoms with Gasteiger partial charge in [-0.15, -0.1) is 11.3 Å². The predicted octanol–water partition coefficient (Wildman–Crippen LogP) is 8.50. The number of halogens is 4. The lowest BCUT2D eigenvalue weighted by Crippen LogP contribution is -2.19. The van der Waals surface area contributed by atoms with Crippen molar-refractivity contribution in [3.8, 4) is 11.1 Å². The number of fused-ring (bicyclic) bond motifs is 1. The fourth-order valence-corrected chi connectivity index (χ4v) is 6.13. The smallest absolute Gasteiger partial charge is 0.325 e. The lowest BCUT2D eigenvalue weighted by molar-refractivity contribution is -0.137. The maximum atomic E-state index is 13.5. The molecule has 2 heterocycles. The van der Waals surface area contributed by atoms with E-state index in [4.69, 9.17) is 11.6 Å². The number of thiophene rings is 1. The van der Waals surface area contributed by atoms with Crippen LogP contribution in [0.5, 0.6) is 0 Å². The normalized spacial score (nSPS) is 12.4. The molecule has 1 atom stereocenters. The Hall–Kier alpha value is -3.40. The van der Waals surface area contributed by atoms with Crippen LogP contribution in [0.4, 0.5) is 18.9 Å². The van der Waals surface area contributed by atoms with Crippen molar-refractivity contribution in [1.82, 2.24) is 9.97 Å². The molecular weight excluding hydrogens is 539 g/mol. The van der Waals surface area contributed by atoms with Crippen LogP contribution in [-0.4, -0.2) is 15.9 Å². The molecule has 0 fully saturated rings. The van der Waals surface area contributed by atoms with Crippen molar-refractivity contribution in [3.63, 3.8) is 0 Å². The zero-order valence-corrected chi connectivity index (χ0v) is 21.3. The van der Waals surface area contributed by atoms with Gasteiger partial charge in [0.1, 0.15) is 21.4 Å². The highest BCUT2D eigenvalue weighted by atomic mass is 35.5. The van der Waals surface area contributed by atoms with Gasteiger partial charge in [-0.3, -0.25) is 4.79 Å². The number of hydrogen-bond acceptors (Lipinski definition) is 5.